The summed E-state index contributed by atoms with van der Waals surface area (Å²) in [5, 5.41) is 0. The van der Waals surface area contributed by atoms with Crippen LogP contribution in [0.5, 0.6) is 0 Å². The van der Waals surface area contributed by atoms with E-state index in [-0.39, 0.29) is 5.60 Å². The highest BCUT2D eigenvalue weighted by Gasteiger charge is 2.30. The van der Waals surface area contributed by atoms with Gasteiger partial charge in [-0.1, -0.05) is 19.8 Å². The third-order valence-electron chi connectivity index (χ3n) is 1.63. The van der Waals surface area contributed by atoms with Crippen molar-refractivity contribution in [3.8, 4) is 12.3 Å². The molecule has 0 aromatic heterocycles. The van der Waals surface area contributed by atoms with Crippen LogP contribution in [-0.2, 0) is 4.43 Å². The molecule has 0 saturated carbocycles. The van der Waals surface area contributed by atoms with E-state index in [9.17, 15) is 0 Å². The second kappa shape index (κ2) is 4.30. The zero-order chi connectivity index (χ0) is 10.7. The van der Waals surface area contributed by atoms with E-state index in [1.165, 1.54) is 0 Å². The molecule has 0 aliphatic rings. The molecule has 0 aliphatic heterocycles. The molecule has 0 aromatic rings. The van der Waals surface area contributed by atoms with Gasteiger partial charge in [-0.05, 0) is 38.9 Å². The lowest BCUT2D eigenvalue weighted by molar-refractivity contribution is 0.117. The maximum atomic E-state index is 5.99. The van der Waals surface area contributed by atoms with Crippen molar-refractivity contribution in [2.75, 3.05) is 0 Å². The van der Waals surface area contributed by atoms with Crippen LogP contribution in [0.1, 0.15) is 27.2 Å². The van der Waals surface area contributed by atoms with Crippen molar-refractivity contribution >= 4 is 8.32 Å². The number of hydrogen-bond donors (Lipinski definition) is 0. The zero-order valence-corrected chi connectivity index (χ0v) is 10.8. The topological polar surface area (TPSA) is 9.23 Å². The summed E-state index contributed by atoms with van der Waals surface area (Å²) in [5.74, 6) is 3.36. The Morgan fingerprint density at radius 3 is 2.08 bits per heavy atom. The van der Waals surface area contributed by atoms with E-state index in [0.717, 1.165) is 6.42 Å². The molecule has 0 amide bonds. The van der Waals surface area contributed by atoms with Gasteiger partial charge in [0.05, 0.1) is 0 Å². The predicted octanol–water partition coefficient (Wildman–Crippen LogP) is 3.28. The minimum absolute atomic E-state index is 0.362. The molecule has 0 fully saturated rings. The smallest absolute Gasteiger partial charge is 0.185 e. The average molecular weight is 198 g/mol. The second-order valence-corrected chi connectivity index (χ2v) is 9.62. The minimum Gasteiger partial charge on any atom is -0.402 e. The van der Waals surface area contributed by atoms with Gasteiger partial charge in [0.2, 0.25) is 0 Å². The Bertz CT molecular complexity index is 197. The summed E-state index contributed by atoms with van der Waals surface area (Å²) in [5.41, 5.74) is -0.362. The van der Waals surface area contributed by atoms with Gasteiger partial charge in [-0.25, -0.2) is 0 Å². The van der Waals surface area contributed by atoms with Crippen LogP contribution in [0.4, 0.5) is 0 Å². The zero-order valence-electron chi connectivity index (χ0n) is 9.77. The first-order valence-corrected chi connectivity index (χ1v) is 8.27. The van der Waals surface area contributed by atoms with Gasteiger partial charge < -0.3 is 4.43 Å². The third-order valence-corrected chi connectivity index (χ3v) is 2.70. The van der Waals surface area contributed by atoms with Crippen LogP contribution in [0, 0.1) is 18.3 Å². The maximum absolute atomic E-state index is 5.99. The van der Waals surface area contributed by atoms with E-state index in [1.807, 2.05) is 6.92 Å². The molecule has 0 saturated heterocycles. The van der Waals surface area contributed by atoms with E-state index in [2.05, 4.69) is 39.4 Å². The summed E-state index contributed by atoms with van der Waals surface area (Å²) < 4.78 is 5.99. The number of terminal acetylenes is 1. The summed E-state index contributed by atoms with van der Waals surface area (Å²) in [7, 11) is -1.52. The maximum Gasteiger partial charge on any atom is 0.185 e. The highest BCUT2D eigenvalue weighted by Crippen LogP contribution is 2.24. The molecule has 0 spiro atoms. The van der Waals surface area contributed by atoms with E-state index >= 15 is 0 Å². The fourth-order valence-electron chi connectivity index (χ4n) is 1.58. The van der Waals surface area contributed by atoms with Crippen LogP contribution in [0.25, 0.3) is 0 Å². The number of hydrogen-bond acceptors (Lipinski definition) is 1. The lowest BCUT2D eigenvalue weighted by Crippen LogP contribution is -2.40. The van der Waals surface area contributed by atoms with Crippen molar-refractivity contribution in [2.45, 2.75) is 52.4 Å². The average Bonchev–Trinajstić information content (AvgIpc) is 1.81. The molecule has 1 atom stereocenters. The Morgan fingerprint density at radius 2 is 1.85 bits per heavy atom. The first-order valence-electron chi connectivity index (χ1n) is 4.86. The molecular weight excluding hydrogens is 176 g/mol. The Labute approximate surface area is 84.0 Å². The van der Waals surface area contributed by atoms with Crippen LogP contribution >= 0.6 is 0 Å². The molecule has 0 bridgehead atoms. The molecule has 1 nitrogen and oxygen atoms in total. The lowest BCUT2D eigenvalue weighted by Gasteiger charge is -2.33. The molecule has 0 aromatic carbocycles. The van der Waals surface area contributed by atoms with Gasteiger partial charge in [0.15, 0.2) is 8.32 Å². The van der Waals surface area contributed by atoms with Crippen molar-refractivity contribution in [1.82, 2.24) is 0 Å². The number of rotatable bonds is 4. The fraction of sp³-hybridized carbons (Fsp3) is 0.818. The molecule has 0 rings (SSSR count). The molecule has 1 unspecified atom stereocenters. The molecule has 0 aliphatic carbocycles. The van der Waals surface area contributed by atoms with Crippen molar-refractivity contribution in [3.63, 3.8) is 0 Å². The van der Waals surface area contributed by atoms with Crippen LogP contribution in [0.3, 0.4) is 0 Å². The van der Waals surface area contributed by atoms with Crippen molar-refractivity contribution in [3.05, 3.63) is 0 Å². The monoisotopic (exact) mass is 198 g/mol. The summed E-state index contributed by atoms with van der Waals surface area (Å²) >= 11 is 0. The standard InChI is InChI=1S/C11H22OSi/c1-8-11(4,9-10(2)3)12-13(5,6)7/h1,10H,9H2,2-7H3. The van der Waals surface area contributed by atoms with E-state index in [0.29, 0.717) is 5.92 Å². The van der Waals surface area contributed by atoms with E-state index in [4.69, 9.17) is 10.8 Å². The quantitative estimate of drug-likeness (QED) is 0.497. The SMILES string of the molecule is C#CC(C)(CC(C)C)O[Si](C)(C)C. The van der Waals surface area contributed by atoms with Crippen molar-refractivity contribution in [1.29, 1.82) is 0 Å². The van der Waals surface area contributed by atoms with Crippen LogP contribution in [0.2, 0.25) is 19.6 Å². The van der Waals surface area contributed by atoms with Gasteiger partial charge in [-0.3, -0.25) is 0 Å². The first-order chi connectivity index (χ1) is 5.68. The second-order valence-electron chi connectivity index (χ2n) is 5.19. The van der Waals surface area contributed by atoms with Gasteiger partial charge in [0, 0.05) is 0 Å². The van der Waals surface area contributed by atoms with Gasteiger partial charge in [0.25, 0.3) is 0 Å². The summed E-state index contributed by atoms with van der Waals surface area (Å²) in [6.07, 6.45) is 6.45. The van der Waals surface area contributed by atoms with Gasteiger partial charge in [-0.15, -0.1) is 6.42 Å². The largest absolute Gasteiger partial charge is 0.402 e. The Balaban J connectivity index is 4.40. The molecule has 76 valence electrons. The van der Waals surface area contributed by atoms with Gasteiger partial charge in [-0.2, -0.15) is 0 Å². The summed E-state index contributed by atoms with van der Waals surface area (Å²) in [4.78, 5) is 0. The predicted molar refractivity (Wildman–Crippen MR) is 61.1 cm³/mol. The van der Waals surface area contributed by atoms with Gasteiger partial charge >= 0.3 is 0 Å². The fourth-order valence-corrected chi connectivity index (χ4v) is 3.08. The van der Waals surface area contributed by atoms with E-state index < -0.39 is 8.32 Å². The lowest BCUT2D eigenvalue weighted by atomic mass is 9.95. The Morgan fingerprint density at radius 1 is 1.38 bits per heavy atom. The van der Waals surface area contributed by atoms with Crippen LogP contribution in [0.15, 0.2) is 0 Å². The highest BCUT2D eigenvalue weighted by atomic mass is 28.4. The van der Waals surface area contributed by atoms with E-state index in [1.54, 1.807) is 0 Å². The van der Waals surface area contributed by atoms with Crippen molar-refractivity contribution < 1.29 is 4.43 Å². The minimum atomic E-state index is -1.52. The van der Waals surface area contributed by atoms with Crippen LogP contribution < -0.4 is 0 Å². The first kappa shape index (κ1) is 12.7. The summed E-state index contributed by atoms with van der Waals surface area (Å²) in [6, 6.07) is 0. The van der Waals surface area contributed by atoms with Crippen LogP contribution in [-0.4, -0.2) is 13.9 Å². The third kappa shape index (κ3) is 5.90. The van der Waals surface area contributed by atoms with Crippen molar-refractivity contribution in [2.24, 2.45) is 5.92 Å². The molecule has 0 radical (unpaired) electrons. The Hall–Kier alpha value is -0.263. The molecule has 13 heavy (non-hydrogen) atoms. The molecule has 0 heterocycles. The Kier molecular flexibility index (Phi) is 4.21. The normalized spacial score (nSPS) is 16.8. The molecule has 2 heteroatoms. The van der Waals surface area contributed by atoms with Gasteiger partial charge in [0.1, 0.15) is 5.60 Å². The summed E-state index contributed by atoms with van der Waals surface area (Å²) in [6.45, 7) is 12.9. The highest BCUT2D eigenvalue weighted by molar-refractivity contribution is 6.69. The molecule has 0 N–H and O–H groups in total. The molecular formula is C11H22OSi.